The molecular weight excluding hydrogens is 240 g/mol. The number of hydrogen-bond donors (Lipinski definition) is 1. The van der Waals surface area contributed by atoms with Crippen molar-refractivity contribution in [2.45, 2.75) is 6.92 Å². The van der Waals surface area contributed by atoms with Crippen molar-refractivity contribution in [3.8, 4) is 0 Å². The first-order valence-electron chi connectivity index (χ1n) is 5.06. The van der Waals surface area contributed by atoms with Crippen molar-refractivity contribution in [3.05, 3.63) is 40.4 Å². The lowest BCUT2D eigenvalue weighted by atomic mass is 10.1. The molecule has 0 aromatic heterocycles. The molecule has 1 aromatic carbocycles. The Kier molecular flexibility index (Phi) is 2.90. The van der Waals surface area contributed by atoms with Gasteiger partial charge in [-0.15, -0.1) is 0 Å². The molecular formula is C12H11ClN2O2. The number of carbonyl (C=O) groups is 2. The zero-order valence-electron chi connectivity index (χ0n) is 9.24. The average Bonchev–Trinajstić information content (AvgIpc) is 2.54. The molecule has 4 nitrogen and oxygen atoms in total. The molecule has 1 aromatic rings. The van der Waals surface area contributed by atoms with Gasteiger partial charge in [-0.1, -0.05) is 11.6 Å². The van der Waals surface area contributed by atoms with Crippen LogP contribution in [-0.4, -0.2) is 23.3 Å². The van der Waals surface area contributed by atoms with Crippen LogP contribution in [0.25, 0.3) is 0 Å². The highest BCUT2D eigenvalue weighted by Crippen LogP contribution is 2.25. The van der Waals surface area contributed by atoms with Crippen molar-refractivity contribution in [2.24, 2.45) is 0 Å². The number of halogens is 1. The van der Waals surface area contributed by atoms with Crippen LogP contribution in [0.5, 0.6) is 0 Å². The number of rotatable bonds is 2. The van der Waals surface area contributed by atoms with E-state index in [0.29, 0.717) is 16.8 Å². The van der Waals surface area contributed by atoms with Gasteiger partial charge in [-0.25, -0.2) is 0 Å². The maximum Gasteiger partial charge on any atom is 0.261 e. The maximum atomic E-state index is 12.0. The van der Waals surface area contributed by atoms with Crippen LogP contribution in [0.1, 0.15) is 27.6 Å². The van der Waals surface area contributed by atoms with Crippen molar-refractivity contribution in [1.29, 1.82) is 0 Å². The Morgan fingerprint density at radius 2 is 2.00 bits per heavy atom. The molecule has 2 amide bonds. The van der Waals surface area contributed by atoms with Crippen molar-refractivity contribution < 1.29 is 9.59 Å². The van der Waals surface area contributed by atoms with Crippen LogP contribution in [0.15, 0.2) is 29.3 Å². The van der Waals surface area contributed by atoms with Gasteiger partial charge >= 0.3 is 0 Å². The van der Waals surface area contributed by atoms with Crippen LogP contribution in [0, 0.1) is 0 Å². The van der Waals surface area contributed by atoms with Gasteiger partial charge in [0.1, 0.15) is 0 Å². The fourth-order valence-electron chi connectivity index (χ4n) is 1.74. The molecule has 0 radical (unpaired) electrons. The molecule has 0 saturated carbocycles. The number of amides is 2. The Morgan fingerprint density at radius 3 is 2.65 bits per heavy atom. The first-order chi connectivity index (χ1) is 8.04. The molecule has 2 rings (SSSR count). The highest BCUT2D eigenvalue weighted by molar-refractivity contribution is 6.26. The van der Waals surface area contributed by atoms with Crippen LogP contribution in [-0.2, 0) is 0 Å². The van der Waals surface area contributed by atoms with Gasteiger partial charge in [0.25, 0.3) is 11.8 Å². The number of anilines is 1. The number of imide groups is 1. The van der Waals surface area contributed by atoms with Gasteiger partial charge in [-0.3, -0.25) is 14.5 Å². The summed E-state index contributed by atoms with van der Waals surface area (Å²) in [5.74, 6) is -0.627. The Balaban J connectivity index is 2.39. The highest BCUT2D eigenvalue weighted by atomic mass is 35.5. The smallest absolute Gasteiger partial charge is 0.261 e. The Bertz CT molecular complexity index is 537. The number of hydrogen-bond acceptors (Lipinski definition) is 3. The van der Waals surface area contributed by atoms with Crippen molar-refractivity contribution in [3.63, 3.8) is 0 Å². The lowest BCUT2D eigenvalue weighted by Crippen LogP contribution is -2.31. The fraction of sp³-hybridized carbons (Fsp3) is 0.167. The molecule has 88 valence electrons. The van der Waals surface area contributed by atoms with Crippen LogP contribution < -0.4 is 5.73 Å². The number of nitrogens with two attached hydrogens (primary N) is 1. The van der Waals surface area contributed by atoms with Crippen LogP contribution in [0.4, 0.5) is 5.69 Å². The molecule has 17 heavy (non-hydrogen) atoms. The quantitative estimate of drug-likeness (QED) is 0.645. The van der Waals surface area contributed by atoms with E-state index in [4.69, 9.17) is 17.3 Å². The predicted molar refractivity (Wildman–Crippen MR) is 65.8 cm³/mol. The Hall–Kier alpha value is -1.81. The maximum absolute atomic E-state index is 12.0. The van der Waals surface area contributed by atoms with Crippen LogP contribution in [0.3, 0.4) is 0 Å². The molecule has 5 heteroatoms. The van der Waals surface area contributed by atoms with Gasteiger partial charge in [-0.2, -0.15) is 0 Å². The van der Waals surface area contributed by atoms with E-state index in [2.05, 4.69) is 0 Å². The lowest BCUT2D eigenvalue weighted by Gasteiger charge is -2.13. The highest BCUT2D eigenvalue weighted by Gasteiger charge is 2.35. The third-order valence-electron chi connectivity index (χ3n) is 2.59. The van der Waals surface area contributed by atoms with E-state index in [0.717, 1.165) is 5.57 Å². The molecule has 0 atom stereocenters. The third kappa shape index (κ3) is 1.91. The SMILES string of the molecule is C/C(=C/Cl)CN1C(=O)c2ccc(N)cc2C1=O. The van der Waals surface area contributed by atoms with Gasteiger partial charge in [-0.05, 0) is 30.7 Å². The number of fused-ring (bicyclic) bond motifs is 1. The van der Waals surface area contributed by atoms with E-state index in [1.54, 1.807) is 19.1 Å². The van der Waals surface area contributed by atoms with Gasteiger partial charge in [0, 0.05) is 11.2 Å². The first kappa shape index (κ1) is 11.7. The van der Waals surface area contributed by atoms with E-state index in [1.807, 2.05) is 0 Å². The summed E-state index contributed by atoms with van der Waals surface area (Å²) in [6.45, 7) is 1.96. The molecule has 1 heterocycles. The number of nitrogen functional groups attached to an aromatic ring is 1. The predicted octanol–water partition coefficient (Wildman–Crippen LogP) is 2.01. The standard InChI is InChI=1S/C12H11ClN2O2/c1-7(5-13)6-15-11(16)9-3-2-8(14)4-10(9)12(15)17/h2-5H,6,14H2,1H3/b7-5-. The zero-order chi connectivity index (χ0) is 12.6. The number of benzene rings is 1. The van der Waals surface area contributed by atoms with E-state index in [1.165, 1.54) is 16.5 Å². The van der Waals surface area contributed by atoms with Gasteiger partial charge in [0.05, 0.1) is 17.7 Å². The molecule has 1 aliphatic heterocycles. The normalized spacial score (nSPS) is 15.4. The second-order valence-corrected chi connectivity index (χ2v) is 4.18. The second kappa shape index (κ2) is 4.22. The number of carbonyl (C=O) groups excluding carboxylic acids is 2. The van der Waals surface area contributed by atoms with Gasteiger partial charge in [0.15, 0.2) is 0 Å². The summed E-state index contributed by atoms with van der Waals surface area (Å²) in [6, 6.07) is 4.71. The summed E-state index contributed by atoms with van der Waals surface area (Å²) in [5, 5.41) is 0. The molecule has 0 fully saturated rings. The van der Waals surface area contributed by atoms with E-state index in [9.17, 15) is 9.59 Å². The first-order valence-corrected chi connectivity index (χ1v) is 5.50. The lowest BCUT2D eigenvalue weighted by molar-refractivity contribution is 0.0668. The number of nitrogens with zero attached hydrogens (tertiary/aromatic N) is 1. The van der Waals surface area contributed by atoms with Gasteiger partial charge in [0.2, 0.25) is 0 Å². The molecule has 0 saturated heterocycles. The topological polar surface area (TPSA) is 63.4 Å². The van der Waals surface area contributed by atoms with E-state index in [-0.39, 0.29) is 18.4 Å². The second-order valence-electron chi connectivity index (χ2n) is 3.96. The summed E-state index contributed by atoms with van der Waals surface area (Å²) in [7, 11) is 0. The summed E-state index contributed by atoms with van der Waals surface area (Å²) in [5.41, 5.74) is 8.92. The molecule has 0 unspecified atom stereocenters. The third-order valence-corrected chi connectivity index (χ3v) is 2.96. The molecule has 0 aliphatic carbocycles. The summed E-state index contributed by atoms with van der Waals surface area (Å²) in [4.78, 5) is 25.1. The minimum absolute atomic E-state index is 0.204. The molecule has 0 spiro atoms. The average molecular weight is 251 g/mol. The Morgan fingerprint density at radius 1 is 1.35 bits per heavy atom. The largest absolute Gasteiger partial charge is 0.399 e. The summed E-state index contributed by atoms with van der Waals surface area (Å²) >= 11 is 5.53. The van der Waals surface area contributed by atoms with E-state index < -0.39 is 0 Å². The molecule has 1 aliphatic rings. The fourth-order valence-corrected chi connectivity index (χ4v) is 1.80. The Labute approximate surface area is 104 Å². The van der Waals surface area contributed by atoms with E-state index >= 15 is 0 Å². The van der Waals surface area contributed by atoms with Crippen molar-refractivity contribution in [2.75, 3.05) is 12.3 Å². The minimum atomic E-state index is -0.324. The zero-order valence-corrected chi connectivity index (χ0v) is 9.99. The summed E-state index contributed by atoms with van der Waals surface area (Å²) in [6.07, 6.45) is 0. The van der Waals surface area contributed by atoms with Gasteiger partial charge < -0.3 is 5.73 Å². The van der Waals surface area contributed by atoms with Crippen LogP contribution >= 0.6 is 11.6 Å². The molecule has 0 bridgehead atoms. The van der Waals surface area contributed by atoms with Crippen LogP contribution in [0.2, 0.25) is 0 Å². The minimum Gasteiger partial charge on any atom is -0.399 e. The van der Waals surface area contributed by atoms with Crippen molar-refractivity contribution in [1.82, 2.24) is 4.90 Å². The summed E-state index contributed by atoms with van der Waals surface area (Å²) < 4.78 is 0. The van der Waals surface area contributed by atoms with Crippen molar-refractivity contribution >= 4 is 29.1 Å². The monoisotopic (exact) mass is 250 g/mol. The molecule has 2 N–H and O–H groups in total.